The van der Waals surface area contributed by atoms with E-state index in [1.165, 1.54) is 16.7 Å². The Bertz CT molecular complexity index is 879. The molecule has 0 aromatic heterocycles. The summed E-state index contributed by atoms with van der Waals surface area (Å²) in [6.07, 6.45) is 6.91. The largest absolute Gasteiger partial charge is 0.506 e. The Balaban J connectivity index is 0.00000196. The molecule has 1 heterocycles. The molecule has 1 atom stereocenters. The molecule has 3 nitrogen and oxygen atoms in total. The fraction of sp³-hybridized carbons (Fsp3) is 0.238. The third-order valence-corrected chi connectivity index (χ3v) is 4.97. The Labute approximate surface area is 149 Å². The number of hydrogen-bond donors (Lipinski definition) is 3. The van der Waals surface area contributed by atoms with Crippen molar-refractivity contribution in [1.29, 1.82) is 0 Å². The van der Waals surface area contributed by atoms with E-state index in [0.717, 1.165) is 48.2 Å². The van der Waals surface area contributed by atoms with E-state index in [4.69, 9.17) is 7.85 Å². The van der Waals surface area contributed by atoms with Gasteiger partial charge in [0.25, 0.3) is 0 Å². The number of benzene rings is 2. The predicted molar refractivity (Wildman–Crippen MR) is 103 cm³/mol. The smallest absolute Gasteiger partial charge is 0.139 e. The van der Waals surface area contributed by atoms with Crippen LogP contribution in [0.5, 0.6) is 5.75 Å². The van der Waals surface area contributed by atoms with Crippen molar-refractivity contribution in [3.05, 3.63) is 70.9 Å². The van der Waals surface area contributed by atoms with Crippen LogP contribution < -0.4 is 16.1 Å². The second-order valence-corrected chi connectivity index (χ2v) is 6.76. The van der Waals surface area contributed by atoms with Crippen LogP contribution in [0.3, 0.4) is 0 Å². The number of nitrogens with one attached hydrogen (secondary N) is 2. The molecule has 26 heavy (non-hydrogen) atoms. The average Bonchev–Trinajstić information content (AvgIpc) is 2.99. The number of aromatic hydroxyl groups is 1. The maximum absolute atomic E-state index is 10.1. The van der Waals surface area contributed by atoms with Crippen molar-refractivity contribution >= 4 is 25.1 Å². The standard InChI is InChI=1S/C21H20BN2O.Es/c1-13-2-6-19-14(4-7-20(25)21(19)24-13)8-9-23-18-11-15-3-5-17(22)10-16(15)12-18;/h2-4,6-7,10,18,23-25H,1,8-9,11-12H2;/q-1;. The molecule has 135 valence electrons. The van der Waals surface area contributed by atoms with Gasteiger partial charge in [0.15, 0.2) is 0 Å². The van der Waals surface area contributed by atoms with Crippen LogP contribution in [-0.2, 0) is 19.3 Å². The summed E-state index contributed by atoms with van der Waals surface area (Å²) in [7, 11) is 5.82. The van der Waals surface area contributed by atoms with Gasteiger partial charge < -0.3 is 15.7 Å². The fourth-order valence-corrected chi connectivity index (χ4v) is 3.70. The van der Waals surface area contributed by atoms with E-state index >= 15 is 0 Å². The molecule has 0 amide bonds. The van der Waals surface area contributed by atoms with Crippen LogP contribution in [0.1, 0.15) is 22.3 Å². The van der Waals surface area contributed by atoms with Gasteiger partial charge in [0.2, 0.25) is 0 Å². The summed E-state index contributed by atoms with van der Waals surface area (Å²) in [4.78, 5) is 0. The zero-order valence-corrected chi connectivity index (χ0v) is 16.9. The van der Waals surface area contributed by atoms with Crippen LogP contribution in [0.2, 0.25) is 0 Å². The van der Waals surface area contributed by atoms with E-state index in [2.05, 4.69) is 23.3 Å². The molecule has 2 aromatic carbocycles. The van der Waals surface area contributed by atoms with Crippen LogP contribution in [0, 0.1) is 6.07 Å². The van der Waals surface area contributed by atoms with E-state index in [-0.39, 0.29) is 5.75 Å². The molecular formula is C21H20BEsN2O-. The number of anilines is 1. The first-order valence-corrected chi connectivity index (χ1v) is 8.61. The number of rotatable bonds is 4. The van der Waals surface area contributed by atoms with Gasteiger partial charge in [0.1, 0.15) is 5.75 Å². The summed E-state index contributed by atoms with van der Waals surface area (Å²) >= 11 is 0. The molecule has 2 aromatic rings. The SMILES string of the molecule is [B]c1[c-]cc2c(c1)CC(NCCc1ccc(O)c3c1C=CC(=C)N3)C2.[Es]. The maximum Gasteiger partial charge on any atom is 0.139 e. The van der Waals surface area contributed by atoms with Crippen LogP contribution in [0.4, 0.5) is 5.69 Å². The van der Waals surface area contributed by atoms with Crippen LogP contribution in [0.15, 0.2) is 42.6 Å². The van der Waals surface area contributed by atoms with E-state index in [1.807, 2.05) is 30.4 Å². The molecule has 0 bridgehead atoms. The Morgan fingerprint density at radius 3 is 2.92 bits per heavy atom. The molecule has 1 unspecified atom stereocenters. The first-order chi connectivity index (χ1) is 12.1. The number of phenols is 1. The molecule has 0 spiro atoms. The van der Waals surface area contributed by atoms with Gasteiger partial charge in [-0.15, -0.1) is 0 Å². The maximum atomic E-state index is 10.1. The summed E-state index contributed by atoms with van der Waals surface area (Å²) in [6, 6.07) is 11.3. The monoisotopic (exact) mass is 579 g/mol. The van der Waals surface area contributed by atoms with Gasteiger partial charge in [-0.05, 0) is 37.1 Å². The molecule has 1 aliphatic heterocycles. The molecule has 3 N–H and O–H groups in total. The summed E-state index contributed by atoms with van der Waals surface area (Å²) < 4.78 is 0. The van der Waals surface area contributed by atoms with Gasteiger partial charge in [-0.25, -0.2) is 5.46 Å². The Hall–Kier alpha value is -3.46. The molecule has 0 saturated heterocycles. The van der Waals surface area contributed by atoms with Crippen molar-refractivity contribution in [1.82, 2.24) is 5.32 Å². The quantitative estimate of drug-likeness (QED) is 0.296. The van der Waals surface area contributed by atoms with Gasteiger partial charge >= 0.3 is 0 Å². The Kier molecular flexibility index (Phi) is 4.55. The first-order valence-electron chi connectivity index (χ1n) is 8.61. The zero-order valence-electron chi connectivity index (χ0n) is 14.4. The zero-order chi connectivity index (χ0) is 17.4. The Morgan fingerprint density at radius 1 is 1.27 bits per heavy atom. The minimum atomic E-state index is 0. The van der Waals surface area contributed by atoms with Gasteiger partial charge in [-0.1, -0.05) is 25.1 Å². The molecular weight excluding hydrogens is 559 g/mol. The number of phenolic OH excluding ortho intramolecular Hbond substituents is 1. The van der Waals surface area contributed by atoms with Crippen molar-refractivity contribution in [2.45, 2.75) is 25.3 Å². The second-order valence-electron chi connectivity index (χ2n) is 6.76. The minimum Gasteiger partial charge on any atom is -0.506 e. The normalized spacial score (nSPS) is 17.2. The van der Waals surface area contributed by atoms with Crippen LogP contribution in [-0.4, -0.2) is 25.5 Å². The molecule has 4 rings (SSSR count). The van der Waals surface area contributed by atoms with Gasteiger partial charge in [0.05, 0.1) is 13.5 Å². The van der Waals surface area contributed by atoms with E-state index < -0.39 is 0 Å². The van der Waals surface area contributed by atoms with E-state index in [9.17, 15) is 5.11 Å². The minimum absolute atomic E-state index is 0. The van der Waals surface area contributed by atoms with Gasteiger partial charge in [-0.2, -0.15) is 29.3 Å². The molecule has 5 heteroatoms. The second kappa shape index (κ2) is 6.81. The molecule has 2 aliphatic rings. The fourth-order valence-electron chi connectivity index (χ4n) is 3.70. The summed E-state index contributed by atoms with van der Waals surface area (Å²) in [6.45, 7) is 4.78. The average molecular weight is 579 g/mol. The molecule has 3 radical (unpaired) electrons. The van der Waals surface area contributed by atoms with Crippen molar-refractivity contribution in [2.75, 3.05) is 11.9 Å². The summed E-state index contributed by atoms with van der Waals surface area (Å²) in [5.74, 6) is 0.261. The van der Waals surface area contributed by atoms with Crippen molar-refractivity contribution in [3.63, 3.8) is 0 Å². The topological polar surface area (TPSA) is 44.3 Å². The third-order valence-electron chi connectivity index (χ3n) is 4.97. The van der Waals surface area contributed by atoms with E-state index in [0.29, 0.717) is 6.04 Å². The van der Waals surface area contributed by atoms with Crippen molar-refractivity contribution < 1.29 is 5.11 Å². The molecule has 1 aliphatic carbocycles. The third kappa shape index (κ3) is 3.20. The van der Waals surface area contributed by atoms with Gasteiger partial charge in [0, 0.05) is 17.3 Å². The summed E-state index contributed by atoms with van der Waals surface area (Å²) in [5.41, 5.74) is 7.20. The number of allylic oxidation sites excluding steroid dienone is 1. The van der Waals surface area contributed by atoms with Crippen molar-refractivity contribution in [3.8, 4) is 5.75 Å². The van der Waals surface area contributed by atoms with Crippen LogP contribution in [0.25, 0.3) is 6.08 Å². The van der Waals surface area contributed by atoms with E-state index in [1.54, 1.807) is 6.07 Å². The van der Waals surface area contributed by atoms with Crippen molar-refractivity contribution in [2.24, 2.45) is 0 Å². The number of hydrogen-bond acceptors (Lipinski definition) is 3. The number of fused-ring (bicyclic) bond motifs is 2. The molecule has 0 saturated carbocycles. The van der Waals surface area contributed by atoms with Crippen LogP contribution >= 0.6 is 0 Å². The summed E-state index contributed by atoms with van der Waals surface area (Å²) in [5, 5.41) is 16.9. The van der Waals surface area contributed by atoms with Gasteiger partial charge in [-0.3, -0.25) is 0 Å². The predicted octanol–water partition coefficient (Wildman–Crippen LogP) is 2.24. The first kappa shape index (κ1) is 17.4. The molecule has 0 fully saturated rings. The Morgan fingerprint density at radius 2 is 2.08 bits per heavy atom.